The molecule has 0 radical (unpaired) electrons. The lowest BCUT2D eigenvalue weighted by atomic mass is 9.87. The third kappa shape index (κ3) is 3.57. The van der Waals surface area contributed by atoms with E-state index in [1.54, 1.807) is 6.20 Å². The Labute approximate surface area is 123 Å². The monoisotopic (exact) mass is 319 g/mol. The minimum absolute atomic E-state index is 0.154. The Hall–Kier alpha value is -1.35. The van der Waals surface area contributed by atoms with E-state index in [4.69, 9.17) is 4.74 Å². The first-order valence-electron chi connectivity index (χ1n) is 6.27. The summed E-state index contributed by atoms with van der Waals surface area (Å²) < 4.78 is 6.64. The number of pyridine rings is 1. The van der Waals surface area contributed by atoms with E-state index in [2.05, 4.69) is 53.8 Å². The smallest absolute Gasteiger partial charge is 0.233 e. The molecule has 2 aromatic rings. The highest BCUT2D eigenvalue weighted by molar-refractivity contribution is 9.10. The molecule has 0 aliphatic rings. The summed E-state index contributed by atoms with van der Waals surface area (Å²) >= 11 is 3.46. The van der Waals surface area contributed by atoms with Crippen LogP contribution in [0.2, 0.25) is 0 Å². The molecule has 100 valence electrons. The molecule has 0 spiro atoms. The molecule has 19 heavy (non-hydrogen) atoms. The molecule has 1 heterocycles. The molecule has 2 nitrogen and oxygen atoms in total. The number of benzene rings is 1. The van der Waals surface area contributed by atoms with E-state index in [-0.39, 0.29) is 5.41 Å². The highest BCUT2D eigenvalue weighted by Gasteiger charge is 2.13. The van der Waals surface area contributed by atoms with Crippen molar-refractivity contribution in [1.82, 2.24) is 4.98 Å². The topological polar surface area (TPSA) is 22.1 Å². The van der Waals surface area contributed by atoms with Gasteiger partial charge in [-0.25, -0.2) is 4.98 Å². The average molecular weight is 320 g/mol. The summed E-state index contributed by atoms with van der Waals surface area (Å²) in [6, 6.07) is 10.1. The zero-order chi connectivity index (χ0) is 14.0. The predicted molar refractivity (Wildman–Crippen MR) is 81.9 cm³/mol. The summed E-state index contributed by atoms with van der Waals surface area (Å²) in [5, 5.41) is 0. The van der Waals surface area contributed by atoms with Crippen LogP contribution in [0, 0.1) is 6.92 Å². The van der Waals surface area contributed by atoms with Gasteiger partial charge in [0.15, 0.2) is 0 Å². The number of ether oxygens (including phenoxy) is 1. The Morgan fingerprint density at radius 2 is 1.74 bits per heavy atom. The van der Waals surface area contributed by atoms with Crippen LogP contribution < -0.4 is 4.74 Å². The Morgan fingerprint density at radius 3 is 2.26 bits per heavy atom. The largest absolute Gasteiger partial charge is 0.438 e. The van der Waals surface area contributed by atoms with Gasteiger partial charge in [-0.05, 0) is 57.6 Å². The van der Waals surface area contributed by atoms with E-state index in [1.165, 1.54) is 5.56 Å². The van der Waals surface area contributed by atoms with Gasteiger partial charge in [-0.2, -0.15) is 0 Å². The Morgan fingerprint density at radius 1 is 1.11 bits per heavy atom. The van der Waals surface area contributed by atoms with E-state index in [1.807, 2.05) is 25.1 Å². The van der Waals surface area contributed by atoms with Gasteiger partial charge >= 0.3 is 0 Å². The molecule has 2 rings (SSSR count). The molecular weight excluding hydrogens is 302 g/mol. The standard InChI is InChI=1S/C16H18BrNO/c1-11-9-14(17)15(18-10-11)19-13-7-5-12(6-8-13)16(2,3)4/h5-10H,1-4H3. The lowest BCUT2D eigenvalue weighted by molar-refractivity contribution is 0.458. The Kier molecular flexibility index (Phi) is 3.95. The lowest BCUT2D eigenvalue weighted by Gasteiger charge is -2.19. The Bertz CT molecular complexity index is 570. The summed E-state index contributed by atoms with van der Waals surface area (Å²) in [7, 11) is 0. The van der Waals surface area contributed by atoms with Gasteiger partial charge in [-0.1, -0.05) is 32.9 Å². The van der Waals surface area contributed by atoms with Crippen LogP contribution in [0.25, 0.3) is 0 Å². The Balaban J connectivity index is 2.20. The second-order valence-electron chi connectivity index (χ2n) is 5.68. The minimum Gasteiger partial charge on any atom is -0.438 e. The maximum absolute atomic E-state index is 5.77. The number of halogens is 1. The van der Waals surface area contributed by atoms with Gasteiger partial charge in [0, 0.05) is 6.20 Å². The van der Waals surface area contributed by atoms with Crippen molar-refractivity contribution in [2.45, 2.75) is 33.1 Å². The fourth-order valence-corrected chi connectivity index (χ4v) is 2.28. The second-order valence-corrected chi connectivity index (χ2v) is 6.53. The molecule has 3 heteroatoms. The van der Waals surface area contributed by atoms with Crippen molar-refractivity contribution in [2.75, 3.05) is 0 Å². The van der Waals surface area contributed by atoms with E-state index < -0.39 is 0 Å². The zero-order valence-corrected chi connectivity index (χ0v) is 13.3. The van der Waals surface area contributed by atoms with Gasteiger partial charge in [0.05, 0.1) is 4.47 Å². The highest BCUT2D eigenvalue weighted by Crippen LogP contribution is 2.29. The first kappa shape index (κ1) is 14.1. The first-order valence-corrected chi connectivity index (χ1v) is 7.06. The maximum Gasteiger partial charge on any atom is 0.233 e. The van der Waals surface area contributed by atoms with Crippen molar-refractivity contribution >= 4 is 15.9 Å². The molecule has 0 saturated carbocycles. The minimum atomic E-state index is 0.154. The zero-order valence-electron chi connectivity index (χ0n) is 11.7. The summed E-state index contributed by atoms with van der Waals surface area (Å²) in [4.78, 5) is 4.28. The molecule has 0 bridgehead atoms. The lowest BCUT2D eigenvalue weighted by Crippen LogP contribution is -2.10. The van der Waals surface area contributed by atoms with Crippen LogP contribution >= 0.6 is 15.9 Å². The van der Waals surface area contributed by atoms with E-state index in [9.17, 15) is 0 Å². The van der Waals surface area contributed by atoms with Crippen molar-refractivity contribution in [3.63, 3.8) is 0 Å². The van der Waals surface area contributed by atoms with Gasteiger partial charge in [0.1, 0.15) is 5.75 Å². The van der Waals surface area contributed by atoms with Crippen molar-refractivity contribution in [3.05, 3.63) is 52.1 Å². The predicted octanol–water partition coefficient (Wildman–Crippen LogP) is 5.24. The second kappa shape index (κ2) is 5.33. The molecule has 0 atom stereocenters. The SMILES string of the molecule is Cc1cnc(Oc2ccc(C(C)(C)C)cc2)c(Br)c1. The molecule has 0 N–H and O–H groups in total. The van der Waals surface area contributed by atoms with Crippen LogP contribution in [0.5, 0.6) is 11.6 Å². The van der Waals surface area contributed by atoms with Crippen molar-refractivity contribution in [1.29, 1.82) is 0 Å². The van der Waals surface area contributed by atoms with Gasteiger partial charge < -0.3 is 4.74 Å². The third-order valence-electron chi connectivity index (χ3n) is 2.88. The number of hydrogen-bond donors (Lipinski definition) is 0. The van der Waals surface area contributed by atoms with Crippen molar-refractivity contribution < 1.29 is 4.74 Å². The molecular formula is C16H18BrNO. The summed E-state index contributed by atoms with van der Waals surface area (Å²) in [5.74, 6) is 1.39. The van der Waals surface area contributed by atoms with E-state index in [0.29, 0.717) is 5.88 Å². The molecule has 1 aromatic heterocycles. The van der Waals surface area contributed by atoms with Gasteiger partial charge in [0.25, 0.3) is 0 Å². The fraction of sp³-hybridized carbons (Fsp3) is 0.312. The van der Waals surface area contributed by atoms with Crippen LogP contribution in [0.3, 0.4) is 0 Å². The quantitative estimate of drug-likeness (QED) is 0.754. The van der Waals surface area contributed by atoms with Crippen molar-refractivity contribution in [2.24, 2.45) is 0 Å². The van der Waals surface area contributed by atoms with Crippen LogP contribution in [-0.2, 0) is 5.41 Å². The molecule has 1 aromatic carbocycles. The number of aromatic nitrogens is 1. The maximum atomic E-state index is 5.77. The number of rotatable bonds is 2. The van der Waals surface area contributed by atoms with Crippen molar-refractivity contribution in [3.8, 4) is 11.6 Å². The fourth-order valence-electron chi connectivity index (χ4n) is 1.73. The molecule has 0 unspecified atom stereocenters. The van der Waals surface area contributed by atoms with E-state index >= 15 is 0 Å². The molecule has 0 aliphatic heterocycles. The summed E-state index contributed by atoms with van der Waals surface area (Å²) in [6.07, 6.45) is 1.80. The van der Waals surface area contributed by atoms with Crippen LogP contribution in [0.4, 0.5) is 0 Å². The first-order chi connectivity index (χ1) is 8.86. The molecule has 0 amide bonds. The number of aryl methyl sites for hydroxylation is 1. The molecule has 0 saturated heterocycles. The highest BCUT2D eigenvalue weighted by atomic mass is 79.9. The van der Waals surface area contributed by atoms with Crippen LogP contribution in [0.15, 0.2) is 41.0 Å². The third-order valence-corrected chi connectivity index (χ3v) is 3.45. The van der Waals surface area contributed by atoms with Gasteiger partial charge in [-0.3, -0.25) is 0 Å². The van der Waals surface area contributed by atoms with Crippen LogP contribution in [-0.4, -0.2) is 4.98 Å². The normalized spacial score (nSPS) is 11.4. The summed E-state index contributed by atoms with van der Waals surface area (Å²) in [5.41, 5.74) is 2.54. The van der Waals surface area contributed by atoms with Gasteiger partial charge in [-0.15, -0.1) is 0 Å². The number of nitrogens with zero attached hydrogens (tertiary/aromatic N) is 1. The van der Waals surface area contributed by atoms with E-state index in [0.717, 1.165) is 15.8 Å². The molecule has 0 fully saturated rings. The summed E-state index contributed by atoms with van der Waals surface area (Å²) in [6.45, 7) is 8.59. The van der Waals surface area contributed by atoms with Crippen LogP contribution in [0.1, 0.15) is 31.9 Å². The average Bonchev–Trinajstić information content (AvgIpc) is 2.32. The number of hydrogen-bond acceptors (Lipinski definition) is 2. The van der Waals surface area contributed by atoms with Gasteiger partial charge in [0.2, 0.25) is 5.88 Å². The molecule has 0 aliphatic carbocycles.